The lowest BCUT2D eigenvalue weighted by Gasteiger charge is -2.19. The van der Waals surface area contributed by atoms with Crippen LogP contribution in [0.1, 0.15) is 36.2 Å². The van der Waals surface area contributed by atoms with E-state index in [0.29, 0.717) is 49.6 Å². The van der Waals surface area contributed by atoms with E-state index in [1.54, 1.807) is 43.0 Å². The molecule has 158 valence electrons. The van der Waals surface area contributed by atoms with Crippen LogP contribution in [0.4, 0.5) is 0 Å². The lowest BCUT2D eigenvalue weighted by Crippen LogP contribution is -2.31. The highest BCUT2D eigenvalue weighted by molar-refractivity contribution is 7.89. The van der Waals surface area contributed by atoms with Crippen molar-refractivity contribution in [2.45, 2.75) is 31.3 Å². The van der Waals surface area contributed by atoms with Crippen LogP contribution in [0.2, 0.25) is 0 Å². The summed E-state index contributed by atoms with van der Waals surface area (Å²) in [5, 5.41) is 8.97. The molecule has 0 bridgehead atoms. The van der Waals surface area contributed by atoms with Crippen molar-refractivity contribution in [3.63, 3.8) is 0 Å². The van der Waals surface area contributed by atoms with Gasteiger partial charge in [0.15, 0.2) is 0 Å². The second kappa shape index (κ2) is 9.24. The van der Waals surface area contributed by atoms with Crippen molar-refractivity contribution < 1.29 is 17.9 Å². The van der Waals surface area contributed by atoms with Gasteiger partial charge in [-0.15, -0.1) is 0 Å². The van der Waals surface area contributed by atoms with Crippen molar-refractivity contribution in [1.29, 1.82) is 5.26 Å². The summed E-state index contributed by atoms with van der Waals surface area (Å²) in [6.07, 6.45) is 1.95. The summed E-state index contributed by atoms with van der Waals surface area (Å²) in [7, 11) is -3.55. The van der Waals surface area contributed by atoms with Crippen LogP contribution in [0.15, 0.2) is 47.5 Å². The third kappa shape index (κ3) is 4.61. The molecule has 9 heteroatoms. The topological polar surface area (TPSA) is 104 Å². The molecule has 1 aliphatic heterocycles. The monoisotopic (exact) mass is 428 g/mol. The molecule has 1 aliphatic rings. The molecule has 1 aromatic carbocycles. The van der Waals surface area contributed by atoms with Crippen LogP contribution in [-0.2, 0) is 10.0 Å². The number of hydrogen-bond acceptors (Lipinski definition) is 6. The summed E-state index contributed by atoms with van der Waals surface area (Å²) in [4.78, 5) is 18.8. The highest BCUT2D eigenvalue weighted by atomic mass is 32.2. The average molecular weight is 429 g/mol. The number of ether oxygens (including phenoxy) is 1. The molecule has 0 spiro atoms. The standard InChI is InChI=1S/C21H24N4O4S/c1-3-25(4-2)30(27,28)19-7-5-17(6-8-19)21(26)24-12-10-18(15-24)29-20-13-16(14-22)9-11-23-20/h5-9,11,13,18H,3-4,10,12,15H2,1-2H3. The Morgan fingerprint density at radius 1 is 1.27 bits per heavy atom. The Hall–Kier alpha value is -2.96. The third-order valence-corrected chi connectivity index (χ3v) is 7.09. The van der Waals surface area contributed by atoms with Crippen molar-refractivity contribution in [2.24, 2.45) is 0 Å². The molecular weight excluding hydrogens is 404 g/mol. The Morgan fingerprint density at radius 3 is 2.60 bits per heavy atom. The number of amides is 1. The van der Waals surface area contributed by atoms with Gasteiger partial charge in [-0.05, 0) is 30.3 Å². The smallest absolute Gasteiger partial charge is 0.253 e. The van der Waals surface area contributed by atoms with Gasteiger partial charge in [0.25, 0.3) is 5.91 Å². The second-order valence-electron chi connectivity index (χ2n) is 6.89. The van der Waals surface area contributed by atoms with Gasteiger partial charge in [0.2, 0.25) is 15.9 Å². The summed E-state index contributed by atoms with van der Waals surface area (Å²) >= 11 is 0. The first kappa shape index (κ1) is 21.7. The molecule has 1 fully saturated rings. The van der Waals surface area contributed by atoms with E-state index in [-0.39, 0.29) is 16.9 Å². The normalized spacial score (nSPS) is 16.5. The van der Waals surface area contributed by atoms with Gasteiger partial charge in [-0.3, -0.25) is 4.79 Å². The number of nitrogens with zero attached hydrogens (tertiary/aromatic N) is 4. The molecule has 0 aliphatic carbocycles. The van der Waals surface area contributed by atoms with Gasteiger partial charge in [-0.25, -0.2) is 13.4 Å². The number of pyridine rings is 1. The summed E-state index contributed by atoms with van der Waals surface area (Å²) in [6, 6.07) is 11.2. The molecule has 1 aromatic heterocycles. The molecule has 0 radical (unpaired) electrons. The zero-order valence-corrected chi connectivity index (χ0v) is 17.8. The minimum Gasteiger partial charge on any atom is -0.472 e. The molecule has 8 nitrogen and oxygen atoms in total. The number of likely N-dealkylation sites (tertiary alicyclic amines) is 1. The van der Waals surface area contributed by atoms with Crippen LogP contribution in [0.3, 0.4) is 0 Å². The molecule has 30 heavy (non-hydrogen) atoms. The highest BCUT2D eigenvalue weighted by Gasteiger charge is 2.29. The van der Waals surface area contributed by atoms with E-state index in [2.05, 4.69) is 4.98 Å². The molecule has 3 rings (SSSR count). The molecule has 0 N–H and O–H groups in total. The van der Waals surface area contributed by atoms with Crippen molar-refractivity contribution in [2.75, 3.05) is 26.2 Å². The van der Waals surface area contributed by atoms with E-state index < -0.39 is 10.0 Å². The van der Waals surface area contributed by atoms with E-state index >= 15 is 0 Å². The van der Waals surface area contributed by atoms with E-state index in [4.69, 9.17) is 10.00 Å². The molecule has 2 heterocycles. The fraction of sp³-hybridized carbons (Fsp3) is 0.381. The van der Waals surface area contributed by atoms with E-state index in [0.717, 1.165) is 0 Å². The number of sulfonamides is 1. The number of rotatable bonds is 7. The average Bonchev–Trinajstić information content (AvgIpc) is 3.22. The minimum atomic E-state index is -3.55. The predicted molar refractivity (Wildman–Crippen MR) is 110 cm³/mol. The van der Waals surface area contributed by atoms with Gasteiger partial charge in [-0.1, -0.05) is 13.8 Å². The fourth-order valence-corrected chi connectivity index (χ4v) is 4.85. The van der Waals surface area contributed by atoms with Gasteiger partial charge < -0.3 is 9.64 Å². The zero-order valence-electron chi connectivity index (χ0n) is 17.0. The Kier molecular flexibility index (Phi) is 6.70. The molecule has 1 unspecified atom stereocenters. The first-order valence-electron chi connectivity index (χ1n) is 9.81. The first-order valence-corrected chi connectivity index (χ1v) is 11.2. The van der Waals surface area contributed by atoms with Crippen LogP contribution < -0.4 is 4.74 Å². The zero-order chi connectivity index (χ0) is 21.7. The number of aromatic nitrogens is 1. The lowest BCUT2D eigenvalue weighted by atomic mass is 10.2. The molecular formula is C21H24N4O4S. The summed E-state index contributed by atoms with van der Waals surface area (Å²) < 4.78 is 32.3. The molecule has 0 saturated carbocycles. The largest absolute Gasteiger partial charge is 0.472 e. The Balaban J connectivity index is 1.65. The second-order valence-corrected chi connectivity index (χ2v) is 8.83. The number of benzene rings is 1. The number of hydrogen-bond donors (Lipinski definition) is 0. The van der Waals surface area contributed by atoms with Crippen LogP contribution in [-0.4, -0.2) is 60.8 Å². The summed E-state index contributed by atoms with van der Waals surface area (Å²) in [6.45, 7) is 5.28. The Labute approximate surface area is 176 Å². The predicted octanol–water partition coefficient (Wildman–Crippen LogP) is 2.28. The van der Waals surface area contributed by atoms with Gasteiger partial charge in [0, 0.05) is 43.9 Å². The summed E-state index contributed by atoms with van der Waals surface area (Å²) in [5.41, 5.74) is 0.893. The highest BCUT2D eigenvalue weighted by Crippen LogP contribution is 2.21. The van der Waals surface area contributed by atoms with Gasteiger partial charge in [-0.2, -0.15) is 9.57 Å². The third-order valence-electron chi connectivity index (χ3n) is 5.03. The van der Waals surface area contributed by atoms with Crippen molar-refractivity contribution in [3.8, 4) is 11.9 Å². The van der Waals surface area contributed by atoms with Gasteiger partial charge in [0.1, 0.15) is 6.10 Å². The van der Waals surface area contributed by atoms with E-state index in [9.17, 15) is 13.2 Å². The number of carbonyl (C=O) groups is 1. The Morgan fingerprint density at radius 2 is 1.97 bits per heavy atom. The molecule has 2 aromatic rings. The number of nitriles is 1. The van der Waals surface area contributed by atoms with Crippen LogP contribution in [0, 0.1) is 11.3 Å². The number of carbonyl (C=O) groups excluding carboxylic acids is 1. The van der Waals surface area contributed by atoms with E-state index in [1.807, 2.05) is 6.07 Å². The minimum absolute atomic E-state index is 0.174. The van der Waals surface area contributed by atoms with Gasteiger partial charge in [0.05, 0.1) is 23.1 Å². The quantitative estimate of drug-likeness (QED) is 0.670. The maximum atomic E-state index is 12.8. The molecule has 1 atom stereocenters. The molecule has 1 saturated heterocycles. The van der Waals surface area contributed by atoms with E-state index in [1.165, 1.54) is 22.6 Å². The van der Waals surface area contributed by atoms with Crippen molar-refractivity contribution >= 4 is 15.9 Å². The maximum Gasteiger partial charge on any atom is 0.253 e. The summed E-state index contributed by atoms with van der Waals surface area (Å²) in [5.74, 6) is 0.186. The van der Waals surface area contributed by atoms with Crippen molar-refractivity contribution in [3.05, 3.63) is 53.7 Å². The fourth-order valence-electron chi connectivity index (χ4n) is 3.39. The Bertz CT molecular complexity index is 1040. The molecule has 1 amide bonds. The SMILES string of the molecule is CCN(CC)S(=O)(=O)c1ccc(C(=O)N2CCC(Oc3cc(C#N)ccn3)C2)cc1. The maximum absolute atomic E-state index is 12.8. The van der Waals surface area contributed by atoms with Crippen LogP contribution in [0.5, 0.6) is 5.88 Å². The lowest BCUT2D eigenvalue weighted by molar-refractivity contribution is 0.0771. The van der Waals surface area contributed by atoms with Crippen molar-refractivity contribution in [1.82, 2.24) is 14.2 Å². The van der Waals surface area contributed by atoms with Crippen LogP contribution >= 0.6 is 0 Å². The van der Waals surface area contributed by atoms with Gasteiger partial charge >= 0.3 is 0 Å². The van der Waals surface area contributed by atoms with Crippen LogP contribution in [0.25, 0.3) is 0 Å². The first-order chi connectivity index (χ1) is 14.4.